The summed E-state index contributed by atoms with van der Waals surface area (Å²) < 4.78 is 34.0. The van der Waals surface area contributed by atoms with E-state index < -0.39 is 29.0 Å². The van der Waals surface area contributed by atoms with Crippen molar-refractivity contribution in [2.24, 2.45) is 0 Å². The number of nitrogens with one attached hydrogen (secondary N) is 2. The molecule has 2 N–H and O–H groups in total. The highest BCUT2D eigenvalue weighted by molar-refractivity contribution is 5.98. The van der Waals surface area contributed by atoms with Crippen LogP contribution in [0.4, 0.5) is 8.78 Å². The first kappa shape index (κ1) is 28.6. The number of benzene rings is 1. The smallest absolute Gasteiger partial charge is 0.310 e. The van der Waals surface area contributed by atoms with Gasteiger partial charge >= 0.3 is 5.97 Å². The van der Waals surface area contributed by atoms with Crippen LogP contribution in [0.25, 0.3) is 5.65 Å². The molecule has 0 spiro atoms. The summed E-state index contributed by atoms with van der Waals surface area (Å²) in [6, 6.07) is 6.49. The highest BCUT2D eigenvalue weighted by Gasteiger charge is 2.29. The van der Waals surface area contributed by atoms with Gasteiger partial charge < -0.3 is 15.4 Å². The zero-order valence-electron chi connectivity index (χ0n) is 22.8. The van der Waals surface area contributed by atoms with Crippen LogP contribution in [0, 0.1) is 11.6 Å². The van der Waals surface area contributed by atoms with Gasteiger partial charge in [-0.25, -0.2) is 18.3 Å². The van der Waals surface area contributed by atoms with Gasteiger partial charge in [0.05, 0.1) is 18.7 Å². The summed E-state index contributed by atoms with van der Waals surface area (Å²) in [4.78, 5) is 42.5. The molecule has 0 bridgehead atoms. The van der Waals surface area contributed by atoms with Crippen molar-refractivity contribution in [1.29, 1.82) is 0 Å². The average Bonchev–Trinajstić information content (AvgIpc) is 3.47. The maximum Gasteiger partial charge on any atom is 0.310 e. The number of hydrogen-bond acceptors (Lipinski definition) is 6. The SMILES string of the molecule is C/C=C1\C(=C/CC(=O)OC(C)(C)C)CCC1NC(=O)c1cc(C(=O)NCc2ccc(F)cc2)nc2c(F)cnn12. The summed E-state index contributed by atoms with van der Waals surface area (Å²) >= 11 is 0. The molecule has 1 atom stereocenters. The van der Waals surface area contributed by atoms with Gasteiger partial charge in [-0.15, -0.1) is 0 Å². The molecular formula is C29H31F2N5O4. The molecule has 2 heterocycles. The molecule has 0 aliphatic heterocycles. The number of allylic oxidation sites excluding steroid dienone is 1. The molecule has 4 rings (SSSR count). The second-order valence-corrected chi connectivity index (χ2v) is 10.4. The Hall–Kier alpha value is -4.41. The molecule has 0 saturated heterocycles. The summed E-state index contributed by atoms with van der Waals surface area (Å²) in [5, 5.41) is 9.51. The Balaban J connectivity index is 1.51. The van der Waals surface area contributed by atoms with E-state index in [9.17, 15) is 23.2 Å². The van der Waals surface area contributed by atoms with Crippen LogP contribution in [0.3, 0.4) is 0 Å². The molecule has 40 heavy (non-hydrogen) atoms. The van der Waals surface area contributed by atoms with Gasteiger partial charge in [-0.3, -0.25) is 14.4 Å². The maximum absolute atomic E-state index is 14.4. The van der Waals surface area contributed by atoms with Gasteiger partial charge in [-0.2, -0.15) is 5.10 Å². The number of nitrogens with zero attached hydrogens (tertiary/aromatic N) is 3. The molecule has 11 heteroatoms. The topological polar surface area (TPSA) is 115 Å². The van der Waals surface area contributed by atoms with Crippen LogP contribution < -0.4 is 10.6 Å². The van der Waals surface area contributed by atoms with E-state index in [2.05, 4.69) is 20.7 Å². The van der Waals surface area contributed by atoms with E-state index in [1.165, 1.54) is 30.3 Å². The molecule has 2 amide bonds. The molecule has 0 radical (unpaired) electrons. The molecule has 1 aromatic carbocycles. The Morgan fingerprint density at radius 3 is 2.55 bits per heavy atom. The van der Waals surface area contributed by atoms with Gasteiger partial charge in [0.2, 0.25) is 0 Å². The van der Waals surface area contributed by atoms with Crippen LogP contribution in [0.1, 0.15) is 73.5 Å². The van der Waals surface area contributed by atoms with E-state index in [-0.39, 0.29) is 42.0 Å². The minimum Gasteiger partial charge on any atom is -0.460 e. The number of carbonyl (C=O) groups is 3. The van der Waals surface area contributed by atoms with E-state index in [1.54, 1.807) is 20.8 Å². The molecule has 1 aliphatic carbocycles. The van der Waals surface area contributed by atoms with E-state index in [1.807, 2.05) is 19.1 Å². The van der Waals surface area contributed by atoms with Crippen molar-refractivity contribution in [3.05, 3.63) is 88.4 Å². The van der Waals surface area contributed by atoms with Gasteiger partial charge in [0.1, 0.15) is 22.8 Å². The molecule has 1 aliphatic rings. The first-order valence-corrected chi connectivity index (χ1v) is 12.9. The first-order chi connectivity index (χ1) is 18.9. The van der Waals surface area contributed by atoms with Gasteiger partial charge in [0.15, 0.2) is 11.5 Å². The van der Waals surface area contributed by atoms with Gasteiger partial charge in [0, 0.05) is 12.6 Å². The fourth-order valence-electron chi connectivity index (χ4n) is 4.49. The normalized spacial score (nSPS) is 17.4. The quantitative estimate of drug-likeness (QED) is 0.420. The summed E-state index contributed by atoms with van der Waals surface area (Å²) in [6.07, 6.45) is 5.96. The van der Waals surface area contributed by atoms with E-state index in [0.29, 0.717) is 18.4 Å². The lowest BCUT2D eigenvalue weighted by Crippen LogP contribution is -2.35. The standard InChI is InChI=1S/C29H31F2N5O4/c1-5-20-18(9-13-25(37)40-29(2,3)4)8-12-22(20)35-28(39)24-14-23(34-26-21(31)16-33-36(24)26)27(38)32-15-17-6-10-19(30)11-7-17/h5-7,9-11,14,16,22H,8,12-13,15H2,1-4H3,(H,32,38)(H,35,39)/b18-9-,20-5+. The largest absolute Gasteiger partial charge is 0.460 e. The summed E-state index contributed by atoms with van der Waals surface area (Å²) in [6.45, 7) is 7.34. The van der Waals surface area contributed by atoms with Crippen LogP contribution in [0.15, 0.2) is 59.8 Å². The van der Waals surface area contributed by atoms with Crippen LogP contribution in [-0.4, -0.2) is 44.0 Å². The zero-order valence-corrected chi connectivity index (χ0v) is 22.8. The lowest BCUT2D eigenvalue weighted by molar-refractivity contribution is -0.153. The highest BCUT2D eigenvalue weighted by atomic mass is 19.1. The Kier molecular flexibility index (Phi) is 8.41. The Labute approximate surface area is 230 Å². The number of fused-ring (bicyclic) bond motifs is 1. The van der Waals surface area contributed by atoms with E-state index in [0.717, 1.165) is 21.9 Å². The second-order valence-electron chi connectivity index (χ2n) is 10.4. The number of esters is 1. The van der Waals surface area contributed by atoms with Crippen LogP contribution >= 0.6 is 0 Å². The number of amides is 2. The summed E-state index contributed by atoms with van der Waals surface area (Å²) in [5.41, 5.74) is 1.37. The predicted octanol–water partition coefficient (Wildman–Crippen LogP) is 4.43. The molecule has 2 aromatic heterocycles. The van der Waals surface area contributed by atoms with E-state index in [4.69, 9.17) is 4.74 Å². The van der Waals surface area contributed by atoms with Crippen molar-refractivity contribution >= 4 is 23.4 Å². The lowest BCUT2D eigenvalue weighted by Gasteiger charge is -2.19. The fourth-order valence-corrected chi connectivity index (χ4v) is 4.49. The van der Waals surface area contributed by atoms with E-state index >= 15 is 0 Å². The van der Waals surface area contributed by atoms with Crippen LogP contribution in [-0.2, 0) is 16.1 Å². The lowest BCUT2D eigenvalue weighted by atomic mass is 10.1. The molecular weight excluding hydrogens is 520 g/mol. The first-order valence-electron chi connectivity index (χ1n) is 12.9. The Bertz CT molecular complexity index is 1500. The number of ether oxygens (including phenoxy) is 1. The summed E-state index contributed by atoms with van der Waals surface area (Å²) in [7, 11) is 0. The van der Waals surface area contributed by atoms with Crippen molar-refractivity contribution in [2.75, 3.05) is 0 Å². The number of hydrogen-bond donors (Lipinski definition) is 2. The minimum absolute atomic E-state index is 0.0672. The number of halogens is 2. The number of rotatable bonds is 7. The van der Waals surface area contributed by atoms with Crippen molar-refractivity contribution in [2.45, 2.75) is 65.1 Å². The number of aromatic nitrogens is 3. The average molecular weight is 552 g/mol. The molecule has 1 unspecified atom stereocenters. The Morgan fingerprint density at radius 2 is 1.88 bits per heavy atom. The third-order valence-electron chi connectivity index (χ3n) is 6.26. The minimum atomic E-state index is -0.787. The molecule has 9 nitrogen and oxygen atoms in total. The van der Waals surface area contributed by atoms with Gasteiger partial charge in [-0.1, -0.05) is 24.3 Å². The molecule has 3 aromatic rings. The third-order valence-corrected chi connectivity index (χ3v) is 6.26. The van der Waals surface area contributed by atoms with Gasteiger partial charge in [0.25, 0.3) is 11.8 Å². The maximum atomic E-state index is 14.4. The Morgan fingerprint density at radius 1 is 1.15 bits per heavy atom. The fraction of sp³-hybridized carbons (Fsp3) is 0.345. The third kappa shape index (κ3) is 6.77. The summed E-state index contributed by atoms with van der Waals surface area (Å²) in [5.74, 6) is -2.73. The zero-order chi connectivity index (χ0) is 29.0. The monoisotopic (exact) mass is 551 g/mol. The van der Waals surface area contributed by atoms with Crippen molar-refractivity contribution in [1.82, 2.24) is 25.2 Å². The number of carbonyl (C=O) groups excluding carboxylic acids is 3. The highest BCUT2D eigenvalue weighted by Crippen LogP contribution is 2.31. The van der Waals surface area contributed by atoms with Crippen molar-refractivity contribution in [3.8, 4) is 0 Å². The van der Waals surface area contributed by atoms with Crippen LogP contribution in [0.2, 0.25) is 0 Å². The van der Waals surface area contributed by atoms with Crippen LogP contribution in [0.5, 0.6) is 0 Å². The second kappa shape index (κ2) is 11.8. The molecule has 210 valence electrons. The predicted molar refractivity (Wildman–Crippen MR) is 143 cm³/mol. The van der Waals surface area contributed by atoms with Crippen molar-refractivity contribution in [3.63, 3.8) is 0 Å². The molecule has 1 fully saturated rings. The van der Waals surface area contributed by atoms with Gasteiger partial charge in [-0.05, 0) is 69.4 Å². The van der Waals surface area contributed by atoms with Crippen molar-refractivity contribution < 1.29 is 27.9 Å². The molecule has 1 saturated carbocycles.